The van der Waals surface area contributed by atoms with Crippen LogP contribution in [0.5, 0.6) is 0 Å². The summed E-state index contributed by atoms with van der Waals surface area (Å²) in [4.78, 5) is 4.93. The lowest BCUT2D eigenvalue weighted by atomic mass is 10.3. The molecule has 3 aromatic rings. The normalized spacial score (nSPS) is 11.6. The Morgan fingerprint density at radius 2 is 2.04 bits per heavy atom. The second-order valence-electron chi connectivity index (χ2n) is 4.71. The lowest BCUT2D eigenvalue weighted by molar-refractivity contribution is 0.601. The van der Waals surface area contributed by atoms with Crippen molar-refractivity contribution in [3.05, 3.63) is 51.4 Å². The Hall–Kier alpha value is -1.19. The monoisotopic (exact) mass is 419 g/mol. The van der Waals surface area contributed by atoms with E-state index in [1.54, 1.807) is 18.3 Å². The smallest absolute Gasteiger partial charge is 0.264 e. The summed E-state index contributed by atoms with van der Waals surface area (Å²) < 4.78 is 30.0. The Balaban J connectivity index is 1.93. The fourth-order valence-corrected chi connectivity index (χ4v) is 6.08. The van der Waals surface area contributed by atoms with Crippen LogP contribution in [0.15, 0.2) is 57.7 Å². The number of para-hydroxylation sites is 1. The van der Waals surface area contributed by atoms with Crippen molar-refractivity contribution in [1.82, 2.24) is 9.55 Å². The van der Waals surface area contributed by atoms with Crippen LogP contribution < -0.4 is 4.72 Å². The molecule has 0 saturated carbocycles. The van der Waals surface area contributed by atoms with Gasteiger partial charge in [0.2, 0.25) is 0 Å². The van der Waals surface area contributed by atoms with E-state index in [9.17, 15) is 8.42 Å². The van der Waals surface area contributed by atoms with Gasteiger partial charge in [0.15, 0.2) is 5.16 Å². The number of sulfonamides is 1. The van der Waals surface area contributed by atoms with Crippen LogP contribution in [-0.2, 0) is 17.1 Å². The van der Waals surface area contributed by atoms with E-state index in [-0.39, 0.29) is 9.23 Å². The van der Waals surface area contributed by atoms with Crippen molar-refractivity contribution >= 4 is 62.0 Å². The summed E-state index contributed by atoms with van der Waals surface area (Å²) in [5.41, 5.74) is 0.448. The van der Waals surface area contributed by atoms with E-state index in [0.717, 1.165) is 21.4 Å². The zero-order chi connectivity index (χ0) is 17.3. The van der Waals surface area contributed by atoms with Crippen molar-refractivity contribution in [2.75, 3.05) is 4.72 Å². The van der Waals surface area contributed by atoms with Crippen molar-refractivity contribution in [2.24, 2.45) is 7.05 Å². The molecule has 0 aliphatic heterocycles. The first-order valence-electron chi connectivity index (χ1n) is 6.58. The fraction of sp³-hybridized carbons (Fsp3) is 0.0714. The number of hydrogen-bond acceptors (Lipinski definition) is 5. The number of aryl methyl sites for hydroxylation is 1. The molecule has 1 N–H and O–H groups in total. The Morgan fingerprint density at radius 1 is 1.29 bits per heavy atom. The zero-order valence-corrected chi connectivity index (χ0v) is 16.2. The van der Waals surface area contributed by atoms with E-state index in [0.29, 0.717) is 10.0 Å². The van der Waals surface area contributed by atoms with Crippen LogP contribution in [-0.4, -0.2) is 18.0 Å². The van der Waals surface area contributed by atoms with Crippen LogP contribution in [0.25, 0.3) is 0 Å². The summed E-state index contributed by atoms with van der Waals surface area (Å²) >= 11 is 14.2. The Labute approximate surface area is 157 Å². The van der Waals surface area contributed by atoms with Crippen molar-refractivity contribution in [2.45, 2.75) is 14.9 Å². The molecule has 0 unspecified atom stereocenters. The number of hydrogen-bond donors (Lipinski definition) is 1. The summed E-state index contributed by atoms with van der Waals surface area (Å²) in [6.45, 7) is 0. The van der Waals surface area contributed by atoms with Crippen molar-refractivity contribution in [3.63, 3.8) is 0 Å². The molecule has 24 heavy (non-hydrogen) atoms. The molecule has 0 radical (unpaired) electrons. The molecule has 2 heterocycles. The highest BCUT2D eigenvalue weighted by molar-refractivity contribution is 7.99. The van der Waals surface area contributed by atoms with E-state index in [2.05, 4.69) is 9.71 Å². The van der Waals surface area contributed by atoms with Crippen LogP contribution in [0.1, 0.15) is 0 Å². The van der Waals surface area contributed by atoms with Gasteiger partial charge >= 0.3 is 0 Å². The molecule has 2 aromatic heterocycles. The number of aromatic nitrogens is 2. The molecule has 3 rings (SSSR count). The second-order valence-corrected chi connectivity index (χ2v) is 9.66. The zero-order valence-electron chi connectivity index (χ0n) is 12.2. The van der Waals surface area contributed by atoms with E-state index >= 15 is 0 Å². The van der Waals surface area contributed by atoms with Crippen LogP contribution in [0, 0.1) is 0 Å². The number of thiophene rings is 1. The summed E-state index contributed by atoms with van der Waals surface area (Å²) in [7, 11) is -1.96. The predicted octanol–water partition coefficient (Wildman–Crippen LogP) is 4.74. The quantitative estimate of drug-likeness (QED) is 0.648. The van der Waals surface area contributed by atoms with Gasteiger partial charge in [0.05, 0.1) is 10.0 Å². The van der Waals surface area contributed by atoms with Crippen molar-refractivity contribution in [1.29, 1.82) is 0 Å². The first kappa shape index (κ1) is 17.6. The molecule has 0 aliphatic carbocycles. The lowest BCUT2D eigenvalue weighted by Gasteiger charge is -2.11. The van der Waals surface area contributed by atoms with Gasteiger partial charge in [-0.25, -0.2) is 13.4 Å². The molecule has 0 aliphatic rings. The van der Waals surface area contributed by atoms with Gasteiger partial charge in [-0.1, -0.05) is 35.3 Å². The average molecular weight is 420 g/mol. The molecule has 0 bridgehead atoms. The van der Waals surface area contributed by atoms with Crippen LogP contribution >= 0.6 is 46.3 Å². The Morgan fingerprint density at radius 3 is 2.67 bits per heavy atom. The third-order valence-electron chi connectivity index (χ3n) is 3.02. The summed E-state index contributed by atoms with van der Waals surface area (Å²) in [5, 5.41) is 0.748. The number of rotatable bonds is 5. The van der Waals surface area contributed by atoms with Gasteiger partial charge in [0.25, 0.3) is 10.0 Å². The van der Waals surface area contributed by atoms with Gasteiger partial charge in [-0.2, -0.15) is 0 Å². The lowest BCUT2D eigenvalue weighted by Crippen LogP contribution is -2.13. The van der Waals surface area contributed by atoms with Gasteiger partial charge < -0.3 is 4.57 Å². The number of anilines is 1. The van der Waals surface area contributed by atoms with Gasteiger partial charge in [0.1, 0.15) is 9.23 Å². The van der Waals surface area contributed by atoms with Crippen molar-refractivity contribution in [3.8, 4) is 0 Å². The third kappa shape index (κ3) is 3.73. The minimum atomic E-state index is -3.83. The van der Waals surface area contributed by atoms with Gasteiger partial charge in [-0.15, -0.1) is 11.3 Å². The number of nitrogens with zero attached hydrogens (tertiary/aromatic N) is 2. The summed E-state index contributed by atoms with van der Waals surface area (Å²) in [5.74, 6) is 0. The number of imidazole rings is 1. The van der Waals surface area contributed by atoms with Crippen LogP contribution in [0.4, 0.5) is 5.69 Å². The molecule has 5 nitrogen and oxygen atoms in total. The molecule has 0 fully saturated rings. The highest BCUT2D eigenvalue weighted by Crippen LogP contribution is 2.37. The van der Waals surface area contributed by atoms with Crippen LogP contribution in [0.2, 0.25) is 8.67 Å². The minimum absolute atomic E-state index is 0.0315. The first-order valence-corrected chi connectivity index (χ1v) is 10.5. The second kappa shape index (κ2) is 6.97. The maximum absolute atomic E-state index is 12.6. The van der Waals surface area contributed by atoms with Gasteiger partial charge in [-0.05, 0) is 30.0 Å². The first-order chi connectivity index (χ1) is 11.4. The topological polar surface area (TPSA) is 64.0 Å². The standard InChI is InChI=1S/C14H11Cl2N3O2S3/c1-19-7-6-17-14(19)22-10-5-3-2-4-9(10)18-24(20,21)11-8-12(15)23-13(11)16/h2-8,18H,1H3. The van der Waals surface area contributed by atoms with E-state index < -0.39 is 10.0 Å². The molecule has 0 saturated heterocycles. The maximum Gasteiger partial charge on any atom is 0.264 e. The van der Waals surface area contributed by atoms with Crippen LogP contribution in [0.3, 0.4) is 0 Å². The average Bonchev–Trinajstić information content (AvgIpc) is 3.07. The van der Waals surface area contributed by atoms with E-state index in [1.165, 1.54) is 17.8 Å². The third-order valence-corrected chi connectivity index (χ3v) is 7.29. The molecule has 0 atom stereocenters. The highest BCUT2D eigenvalue weighted by atomic mass is 35.5. The number of benzene rings is 1. The SMILES string of the molecule is Cn1ccnc1Sc1ccccc1NS(=O)(=O)c1cc(Cl)sc1Cl. The fourth-order valence-electron chi connectivity index (χ4n) is 1.90. The largest absolute Gasteiger partial charge is 0.329 e. The molecule has 126 valence electrons. The number of halogens is 2. The molecule has 0 amide bonds. The van der Waals surface area contributed by atoms with E-state index in [1.807, 2.05) is 29.9 Å². The molecule has 10 heteroatoms. The predicted molar refractivity (Wildman–Crippen MR) is 98.9 cm³/mol. The molecular weight excluding hydrogens is 409 g/mol. The Kier molecular flexibility index (Phi) is 5.12. The molecule has 1 aromatic carbocycles. The summed E-state index contributed by atoms with van der Waals surface area (Å²) in [6.07, 6.45) is 3.50. The van der Waals surface area contributed by atoms with Crippen molar-refractivity contribution < 1.29 is 8.42 Å². The minimum Gasteiger partial charge on any atom is -0.329 e. The van der Waals surface area contributed by atoms with E-state index in [4.69, 9.17) is 23.2 Å². The highest BCUT2D eigenvalue weighted by Gasteiger charge is 2.22. The number of nitrogens with one attached hydrogen (secondary N) is 1. The summed E-state index contributed by atoms with van der Waals surface area (Å²) in [6, 6.07) is 8.43. The maximum atomic E-state index is 12.6. The molecular formula is C14H11Cl2N3O2S3. The molecule has 0 spiro atoms. The van der Waals surface area contributed by atoms with Gasteiger partial charge in [-0.3, -0.25) is 4.72 Å². The van der Waals surface area contributed by atoms with Gasteiger partial charge in [0, 0.05) is 24.3 Å². The Bertz CT molecular complexity index is 983.